The number of benzene rings is 1. The van der Waals surface area contributed by atoms with Crippen molar-refractivity contribution in [3.05, 3.63) is 29.8 Å². The summed E-state index contributed by atoms with van der Waals surface area (Å²) in [7, 11) is 1.62. The Balaban J connectivity index is 2.08. The number of hydrogen-bond acceptors (Lipinski definition) is 2. The summed E-state index contributed by atoms with van der Waals surface area (Å²) >= 11 is 0. The van der Waals surface area contributed by atoms with Crippen LogP contribution < -0.4 is 10.5 Å². The van der Waals surface area contributed by atoms with Crippen LogP contribution in [0, 0.1) is 0 Å². The van der Waals surface area contributed by atoms with Crippen molar-refractivity contribution in [3.8, 4) is 5.75 Å². The van der Waals surface area contributed by atoms with Crippen LogP contribution in [-0.4, -0.2) is 18.8 Å². The van der Waals surface area contributed by atoms with Crippen LogP contribution in [-0.2, 0) is 6.42 Å². The fourth-order valence-corrected chi connectivity index (χ4v) is 2.43. The Kier molecular flexibility index (Phi) is 3.15. The molecule has 1 aromatic carbocycles. The Morgan fingerprint density at radius 2 is 2.38 bits per heavy atom. The number of ether oxygens (including phenoxy) is 1. The Hall–Kier alpha value is -1.09. The molecule has 2 atom stereocenters. The van der Waals surface area contributed by atoms with Gasteiger partial charge in [0.15, 0.2) is 0 Å². The Morgan fingerprint density at radius 3 is 3.00 bits per heavy atom. The third-order valence-corrected chi connectivity index (χ3v) is 3.25. The van der Waals surface area contributed by atoms with Gasteiger partial charge < -0.3 is 10.5 Å². The molecule has 0 saturated heterocycles. The van der Waals surface area contributed by atoms with Gasteiger partial charge in [0.2, 0.25) is 0 Å². The highest BCUT2D eigenvalue weighted by atomic mass is 19.1. The van der Waals surface area contributed by atoms with E-state index in [1.54, 1.807) is 7.11 Å². The molecule has 0 amide bonds. The third kappa shape index (κ3) is 2.53. The van der Waals surface area contributed by atoms with Crippen LogP contribution in [0.4, 0.5) is 4.39 Å². The van der Waals surface area contributed by atoms with Gasteiger partial charge in [-0.1, -0.05) is 12.1 Å². The molecule has 0 aromatic heterocycles. The summed E-state index contributed by atoms with van der Waals surface area (Å²) in [5, 5.41) is 0. The van der Waals surface area contributed by atoms with E-state index in [2.05, 4.69) is 0 Å². The average Bonchev–Trinajstić information content (AvgIpc) is 2.58. The molecular formula is C13H18FNO. The van der Waals surface area contributed by atoms with Gasteiger partial charge in [0, 0.05) is 12.5 Å². The number of halogens is 1. The summed E-state index contributed by atoms with van der Waals surface area (Å²) in [6.07, 6.45) is 2.29. The van der Waals surface area contributed by atoms with E-state index in [4.69, 9.17) is 10.5 Å². The monoisotopic (exact) mass is 223 g/mol. The van der Waals surface area contributed by atoms with Crippen LogP contribution in [0.3, 0.4) is 0 Å². The quantitative estimate of drug-likeness (QED) is 0.854. The summed E-state index contributed by atoms with van der Waals surface area (Å²) in [6.45, 7) is 0. The van der Waals surface area contributed by atoms with Crippen LogP contribution in [0.1, 0.15) is 24.8 Å². The molecule has 1 aromatic rings. The predicted octanol–water partition coefficient (Wildman–Crippen LogP) is 2.46. The minimum Gasteiger partial charge on any atom is -0.497 e. The van der Waals surface area contributed by atoms with Gasteiger partial charge in [-0.15, -0.1) is 0 Å². The normalized spacial score (nSPS) is 29.3. The largest absolute Gasteiger partial charge is 0.497 e. The first kappa shape index (κ1) is 11.4. The highest BCUT2D eigenvalue weighted by Gasteiger charge is 2.37. The van der Waals surface area contributed by atoms with Crippen molar-refractivity contribution in [1.29, 1.82) is 0 Å². The average molecular weight is 223 g/mol. The fourth-order valence-electron chi connectivity index (χ4n) is 2.43. The van der Waals surface area contributed by atoms with Crippen LogP contribution in [0.5, 0.6) is 5.75 Å². The molecule has 16 heavy (non-hydrogen) atoms. The van der Waals surface area contributed by atoms with Crippen molar-refractivity contribution in [3.63, 3.8) is 0 Å². The van der Waals surface area contributed by atoms with Crippen LogP contribution >= 0.6 is 0 Å². The molecule has 0 heterocycles. The third-order valence-electron chi connectivity index (χ3n) is 3.25. The number of methoxy groups -OCH3 is 1. The number of nitrogens with two attached hydrogens (primary N) is 1. The lowest BCUT2D eigenvalue weighted by atomic mass is 9.94. The number of rotatable bonds is 3. The van der Waals surface area contributed by atoms with Crippen LogP contribution in [0.15, 0.2) is 24.3 Å². The zero-order valence-corrected chi connectivity index (χ0v) is 9.58. The molecule has 1 aliphatic rings. The van der Waals surface area contributed by atoms with Crippen molar-refractivity contribution in [1.82, 2.24) is 0 Å². The lowest BCUT2D eigenvalue weighted by Crippen LogP contribution is -2.25. The van der Waals surface area contributed by atoms with Gasteiger partial charge in [0.25, 0.3) is 0 Å². The summed E-state index contributed by atoms with van der Waals surface area (Å²) in [6, 6.07) is 7.62. The molecule has 0 aliphatic heterocycles. The minimum absolute atomic E-state index is 0.0237. The van der Waals surface area contributed by atoms with E-state index in [0.29, 0.717) is 19.3 Å². The zero-order valence-electron chi connectivity index (χ0n) is 9.58. The maximum Gasteiger partial charge on any atom is 0.119 e. The van der Waals surface area contributed by atoms with Crippen LogP contribution in [0.2, 0.25) is 0 Å². The smallest absolute Gasteiger partial charge is 0.119 e. The summed E-state index contributed by atoms with van der Waals surface area (Å²) in [5.74, 6) is 0.781. The molecule has 2 rings (SSSR count). The van der Waals surface area contributed by atoms with Crippen molar-refractivity contribution < 1.29 is 9.13 Å². The summed E-state index contributed by atoms with van der Waals surface area (Å²) in [5.41, 5.74) is 5.62. The molecular weight excluding hydrogens is 205 g/mol. The zero-order chi connectivity index (χ0) is 11.6. The van der Waals surface area contributed by atoms with E-state index >= 15 is 0 Å². The van der Waals surface area contributed by atoms with Crippen molar-refractivity contribution >= 4 is 0 Å². The van der Waals surface area contributed by atoms with Gasteiger partial charge in [0.05, 0.1) is 7.11 Å². The highest BCUT2D eigenvalue weighted by Crippen LogP contribution is 2.36. The maximum atomic E-state index is 14.4. The lowest BCUT2D eigenvalue weighted by molar-refractivity contribution is 0.170. The summed E-state index contributed by atoms with van der Waals surface area (Å²) < 4.78 is 19.5. The number of alkyl halides is 1. The first-order valence-corrected chi connectivity index (χ1v) is 5.69. The Bertz CT molecular complexity index is 369. The van der Waals surface area contributed by atoms with Gasteiger partial charge in [-0.3, -0.25) is 0 Å². The van der Waals surface area contributed by atoms with E-state index < -0.39 is 5.67 Å². The molecule has 0 bridgehead atoms. The molecule has 2 nitrogen and oxygen atoms in total. The molecule has 3 heteroatoms. The first-order chi connectivity index (χ1) is 7.61. The van der Waals surface area contributed by atoms with Gasteiger partial charge in [-0.2, -0.15) is 0 Å². The molecule has 2 N–H and O–H groups in total. The Morgan fingerprint density at radius 1 is 1.56 bits per heavy atom. The van der Waals surface area contributed by atoms with E-state index in [-0.39, 0.29) is 6.04 Å². The van der Waals surface area contributed by atoms with Gasteiger partial charge in [0.1, 0.15) is 11.4 Å². The lowest BCUT2D eigenvalue weighted by Gasteiger charge is -2.19. The van der Waals surface area contributed by atoms with Gasteiger partial charge in [-0.25, -0.2) is 4.39 Å². The molecule has 2 unspecified atom stereocenters. The van der Waals surface area contributed by atoms with E-state index in [1.807, 2.05) is 24.3 Å². The second-order valence-electron chi connectivity index (χ2n) is 4.68. The molecule has 1 fully saturated rings. The van der Waals surface area contributed by atoms with Crippen molar-refractivity contribution in [2.45, 2.75) is 37.4 Å². The SMILES string of the molecule is COc1cccc(CC2(F)CCC(N)C2)c1. The Labute approximate surface area is 95.6 Å². The predicted molar refractivity (Wildman–Crippen MR) is 62.4 cm³/mol. The van der Waals surface area contributed by atoms with E-state index in [9.17, 15) is 4.39 Å². The topological polar surface area (TPSA) is 35.2 Å². The highest BCUT2D eigenvalue weighted by molar-refractivity contribution is 5.29. The second kappa shape index (κ2) is 4.42. The minimum atomic E-state index is -1.12. The fraction of sp³-hybridized carbons (Fsp3) is 0.538. The van der Waals surface area contributed by atoms with Gasteiger partial charge in [-0.05, 0) is 37.0 Å². The van der Waals surface area contributed by atoms with Crippen molar-refractivity contribution in [2.24, 2.45) is 5.73 Å². The molecule has 0 spiro atoms. The molecule has 1 aliphatic carbocycles. The van der Waals surface area contributed by atoms with E-state index in [0.717, 1.165) is 17.7 Å². The molecule has 0 radical (unpaired) electrons. The van der Waals surface area contributed by atoms with Crippen LogP contribution in [0.25, 0.3) is 0 Å². The van der Waals surface area contributed by atoms with Crippen molar-refractivity contribution in [2.75, 3.05) is 7.11 Å². The first-order valence-electron chi connectivity index (χ1n) is 5.69. The van der Waals surface area contributed by atoms with Gasteiger partial charge >= 0.3 is 0 Å². The second-order valence-corrected chi connectivity index (χ2v) is 4.68. The van der Waals surface area contributed by atoms with E-state index in [1.165, 1.54) is 0 Å². The standard InChI is InChI=1S/C13H18FNO/c1-16-12-4-2-3-10(7-12)8-13(14)6-5-11(15)9-13/h2-4,7,11H,5-6,8-9,15H2,1H3. The molecule has 1 saturated carbocycles. The maximum absolute atomic E-state index is 14.4. The number of hydrogen-bond donors (Lipinski definition) is 1. The summed E-state index contributed by atoms with van der Waals surface area (Å²) in [4.78, 5) is 0. The molecule has 88 valence electrons.